The van der Waals surface area contributed by atoms with Crippen LogP contribution in [0, 0.1) is 11.3 Å². The van der Waals surface area contributed by atoms with E-state index in [0.29, 0.717) is 6.07 Å². The molecule has 0 aliphatic rings. The average Bonchev–Trinajstić information content (AvgIpc) is 2.28. The topological polar surface area (TPSA) is 70.3 Å². The van der Waals surface area contributed by atoms with Gasteiger partial charge < -0.3 is 9.84 Å². The van der Waals surface area contributed by atoms with Gasteiger partial charge in [-0.3, -0.25) is 0 Å². The number of hydrogen-bond acceptors (Lipinski definition) is 4. The minimum absolute atomic E-state index is 0.0591. The maximum Gasteiger partial charge on any atom is 0.420 e. The third-order valence-electron chi connectivity index (χ3n) is 2.04. The van der Waals surface area contributed by atoms with Crippen LogP contribution in [0.3, 0.4) is 0 Å². The molecule has 0 atom stereocenters. The summed E-state index contributed by atoms with van der Waals surface area (Å²) in [5.74, 6) is -2.35. The van der Waals surface area contributed by atoms with Gasteiger partial charge >= 0.3 is 12.1 Å². The van der Waals surface area contributed by atoms with Crippen molar-refractivity contribution in [3.63, 3.8) is 0 Å². The van der Waals surface area contributed by atoms with Gasteiger partial charge in [-0.2, -0.15) is 18.4 Å². The molecule has 0 saturated heterocycles. The lowest BCUT2D eigenvalue weighted by atomic mass is 10.0. The number of alkyl halides is 3. The first-order chi connectivity index (χ1) is 8.31. The fourth-order valence-electron chi connectivity index (χ4n) is 1.28. The molecular formula is C11H8F3NO3. The molecule has 0 heterocycles. The quantitative estimate of drug-likeness (QED) is 0.828. The number of aromatic hydroxyl groups is 1. The first kappa shape index (κ1) is 13.8. The Morgan fingerprint density at radius 3 is 2.56 bits per heavy atom. The summed E-state index contributed by atoms with van der Waals surface area (Å²) in [5.41, 5.74) is -2.50. The van der Waals surface area contributed by atoms with E-state index in [1.807, 2.05) is 0 Å². The summed E-state index contributed by atoms with van der Waals surface area (Å²) in [5, 5.41) is 18.0. The molecule has 0 fully saturated rings. The van der Waals surface area contributed by atoms with Crippen molar-refractivity contribution in [3.05, 3.63) is 28.8 Å². The number of phenolic OH excluding ortho intramolecular Hbond substituents is 1. The number of esters is 1. The summed E-state index contributed by atoms with van der Waals surface area (Å²) in [6, 6.07) is 2.81. The predicted molar refractivity (Wildman–Crippen MR) is 53.8 cm³/mol. The van der Waals surface area contributed by atoms with Crippen molar-refractivity contribution in [2.45, 2.75) is 13.1 Å². The first-order valence-corrected chi connectivity index (χ1v) is 4.82. The van der Waals surface area contributed by atoms with Crippen LogP contribution in [-0.2, 0) is 10.9 Å². The van der Waals surface area contributed by atoms with Crippen molar-refractivity contribution in [3.8, 4) is 11.8 Å². The summed E-state index contributed by atoms with van der Waals surface area (Å²) < 4.78 is 42.2. The Morgan fingerprint density at radius 2 is 2.11 bits per heavy atom. The SMILES string of the molecule is CCOC(=O)c1cc(C#N)cc(C(F)(F)F)c1O. The smallest absolute Gasteiger partial charge is 0.420 e. The molecule has 1 rings (SSSR count). The number of halogens is 3. The number of phenols is 1. The van der Waals surface area contributed by atoms with Gasteiger partial charge in [-0.15, -0.1) is 0 Å². The van der Waals surface area contributed by atoms with Gasteiger partial charge in [-0.05, 0) is 19.1 Å². The van der Waals surface area contributed by atoms with Gasteiger partial charge in [-0.1, -0.05) is 0 Å². The van der Waals surface area contributed by atoms with E-state index in [9.17, 15) is 23.1 Å². The Balaban J connectivity index is 3.45. The molecule has 4 nitrogen and oxygen atoms in total. The van der Waals surface area contributed by atoms with Crippen LogP contribution < -0.4 is 0 Å². The number of benzene rings is 1. The Hall–Kier alpha value is -2.23. The van der Waals surface area contributed by atoms with Gasteiger partial charge in [0, 0.05) is 0 Å². The zero-order chi connectivity index (χ0) is 13.9. The molecular weight excluding hydrogens is 251 g/mol. The van der Waals surface area contributed by atoms with Crippen LogP contribution in [0.1, 0.15) is 28.4 Å². The standard InChI is InChI=1S/C11H8F3NO3/c1-2-18-10(17)7-3-6(5-15)4-8(9(7)16)11(12,13)14/h3-4,16H,2H2,1H3. The van der Waals surface area contributed by atoms with Crippen LogP contribution in [0.15, 0.2) is 12.1 Å². The second-order valence-corrected chi connectivity index (χ2v) is 3.25. The number of ether oxygens (including phenoxy) is 1. The molecule has 0 aliphatic carbocycles. The molecule has 0 aliphatic heterocycles. The number of hydrogen-bond donors (Lipinski definition) is 1. The lowest BCUT2D eigenvalue weighted by Gasteiger charge is -2.12. The maximum atomic E-state index is 12.6. The van der Waals surface area contributed by atoms with E-state index in [0.717, 1.165) is 6.07 Å². The normalized spacial score (nSPS) is 10.8. The largest absolute Gasteiger partial charge is 0.506 e. The molecule has 0 radical (unpaired) electrons. The zero-order valence-electron chi connectivity index (χ0n) is 9.21. The number of carbonyl (C=O) groups excluding carboxylic acids is 1. The van der Waals surface area contributed by atoms with E-state index in [-0.39, 0.29) is 12.2 Å². The van der Waals surface area contributed by atoms with E-state index in [1.165, 1.54) is 13.0 Å². The molecule has 1 aromatic rings. The number of carbonyl (C=O) groups is 1. The monoisotopic (exact) mass is 259 g/mol. The third-order valence-corrected chi connectivity index (χ3v) is 2.04. The highest BCUT2D eigenvalue weighted by Crippen LogP contribution is 2.38. The van der Waals surface area contributed by atoms with Gasteiger partial charge in [0.15, 0.2) is 0 Å². The lowest BCUT2D eigenvalue weighted by Crippen LogP contribution is -2.11. The highest BCUT2D eigenvalue weighted by molar-refractivity contribution is 5.93. The summed E-state index contributed by atoms with van der Waals surface area (Å²) in [6.45, 7) is 1.41. The zero-order valence-corrected chi connectivity index (χ0v) is 9.21. The molecule has 7 heteroatoms. The van der Waals surface area contributed by atoms with E-state index >= 15 is 0 Å². The Kier molecular flexibility index (Phi) is 3.81. The van der Waals surface area contributed by atoms with Crippen LogP contribution in [0.2, 0.25) is 0 Å². The average molecular weight is 259 g/mol. The van der Waals surface area contributed by atoms with E-state index in [4.69, 9.17) is 5.26 Å². The lowest BCUT2D eigenvalue weighted by molar-refractivity contribution is -0.138. The van der Waals surface area contributed by atoms with Crippen LogP contribution in [0.5, 0.6) is 5.75 Å². The van der Waals surface area contributed by atoms with Crippen molar-refractivity contribution in [2.75, 3.05) is 6.61 Å². The summed E-state index contributed by atoms with van der Waals surface area (Å²) in [6.07, 6.45) is -4.86. The number of nitriles is 1. The fourth-order valence-corrected chi connectivity index (χ4v) is 1.28. The summed E-state index contributed by atoms with van der Waals surface area (Å²) in [7, 11) is 0. The summed E-state index contributed by atoms with van der Waals surface area (Å²) >= 11 is 0. The van der Waals surface area contributed by atoms with Crippen molar-refractivity contribution < 1.29 is 27.8 Å². The van der Waals surface area contributed by atoms with Crippen molar-refractivity contribution in [1.82, 2.24) is 0 Å². The molecule has 0 bridgehead atoms. The third kappa shape index (κ3) is 2.71. The van der Waals surface area contributed by atoms with Crippen molar-refractivity contribution in [1.29, 1.82) is 5.26 Å². The van der Waals surface area contributed by atoms with E-state index < -0.39 is 29.0 Å². The van der Waals surface area contributed by atoms with Crippen LogP contribution >= 0.6 is 0 Å². The highest BCUT2D eigenvalue weighted by atomic mass is 19.4. The van der Waals surface area contributed by atoms with Crippen molar-refractivity contribution in [2.24, 2.45) is 0 Å². The molecule has 0 amide bonds. The van der Waals surface area contributed by atoms with Crippen LogP contribution in [0.4, 0.5) is 13.2 Å². The van der Waals surface area contributed by atoms with Gasteiger partial charge in [0.25, 0.3) is 0 Å². The number of nitrogens with zero attached hydrogens (tertiary/aromatic N) is 1. The Labute approximate surface area is 100 Å². The Morgan fingerprint density at radius 1 is 1.50 bits per heavy atom. The fraction of sp³-hybridized carbons (Fsp3) is 0.273. The number of rotatable bonds is 2. The molecule has 1 N–H and O–H groups in total. The Bertz CT molecular complexity index is 517. The highest BCUT2D eigenvalue weighted by Gasteiger charge is 2.36. The molecule has 0 unspecified atom stereocenters. The first-order valence-electron chi connectivity index (χ1n) is 4.82. The van der Waals surface area contributed by atoms with E-state index in [1.54, 1.807) is 0 Å². The summed E-state index contributed by atoms with van der Waals surface area (Å²) in [4.78, 5) is 11.4. The molecule has 1 aromatic carbocycles. The van der Waals surface area contributed by atoms with Crippen LogP contribution in [-0.4, -0.2) is 17.7 Å². The maximum absolute atomic E-state index is 12.6. The minimum Gasteiger partial charge on any atom is -0.506 e. The molecule has 0 saturated carbocycles. The van der Waals surface area contributed by atoms with Crippen LogP contribution in [0.25, 0.3) is 0 Å². The molecule has 0 spiro atoms. The second kappa shape index (κ2) is 4.96. The van der Waals surface area contributed by atoms with Crippen molar-refractivity contribution >= 4 is 5.97 Å². The molecule has 18 heavy (non-hydrogen) atoms. The van der Waals surface area contributed by atoms with E-state index in [2.05, 4.69) is 4.74 Å². The minimum atomic E-state index is -4.86. The predicted octanol–water partition coefficient (Wildman–Crippen LogP) is 2.46. The molecule has 0 aromatic heterocycles. The van der Waals surface area contributed by atoms with Gasteiger partial charge in [-0.25, -0.2) is 4.79 Å². The van der Waals surface area contributed by atoms with Gasteiger partial charge in [0.2, 0.25) is 0 Å². The van der Waals surface area contributed by atoms with Gasteiger partial charge in [0.1, 0.15) is 11.3 Å². The molecule has 96 valence electrons. The second-order valence-electron chi connectivity index (χ2n) is 3.25. The van der Waals surface area contributed by atoms with Gasteiger partial charge in [0.05, 0.1) is 23.8 Å².